The Morgan fingerprint density at radius 1 is 0.447 bits per heavy atom. The van der Waals surface area contributed by atoms with Crippen molar-refractivity contribution in [3.8, 4) is 0 Å². The molecular weight excluding hydrogens is 1020 g/mol. The maximum Gasteiger partial charge on any atom is 0.326 e. The van der Waals surface area contributed by atoms with E-state index in [4.69, 9.17) is 17.3 Å². The number of rotatable bonds is 35. The Morgan fingerprint density at radius 2 is 0.855 bits per heavy atom. The highest BCUT2D eigenvalue weighted by Gasteiger charge is 2.26. The van der Waals surface area contributed by atoms with Gasteiger partial charge in [-0.2, -0.15) is 0 Å². The van der Waals surface area contributed by atoms with Gasteiger partial charge in [-0.1, -0.05) is 25.0 Å². The zero-order valence-electron chi connectivity index (χ0n) is 42.8. The molecule has 3 atom stereocenters. The number of carbonyl (C=O) groups excluding carboxylic acids is 3. The third kappa shape index (κ3) is 31.2. The van der Waals surface area contributed by atoms with Gasteiger partial charge in [0, 0.05) is 96.9 Å². The molecule has 0 bridgehead atoms. The van der Waals surface area contributed by atoms with E-state index >= 15 is 0 Å². The van der Waals surface area contributed by atoms with E-state index < -0.39 is 78.3 Å². The Balaban J connectivity index is 1.67. The van der Waals surface area contributed by atoms with Crippen LogP contribution in [0.4, 0.5) is 10.5 Å². The molecule has 0 unspecified atom stereocenters. The largest absolute Gasteiger partial charge is 0.481 e. The maximum atomic E-state index is 12.6. The number of benzene rings is 1. The molecule has 0 aromatic heterocycles. The lowest BCUT2D eigenvalue weighted by molar-refractivity contribution is -0.142. The lowest BCUT2D eigenvalue weighted by Gasteiger charge is -2.33. The molecule has 1 aliphatic rings. The normalized spacial score (nSPS) is 15.3. The fraction of sp³-hybridized carbons (Fsp3) is 0.646. The molecule has 1 aromatic rings. The molecule has 13 N–H and O–H groups in total. The van der Waals surface area contributed by atoms with E-state index in [0.29, 0.717) is 128 Å². The first-order valence-corrected chi connectivity index (χ1v) is 25.7. The second-order valence-electron chi connectivity index (χ2n) is 18.4. The number of thiocarbonyl (C=S) groups is 1. The summed E-state index contributed by atoms with van der Waals surface area (Å²) in [5.41, 5.74) is 1.67. The molecule has 426 valence electrons. The summed E-state index contributed by atoms with van der Waals surface area (Å²) in [6, 6.07) is 2.56. The van der Waals surface area contributed by atoms with Crippen LogP contribution in [0.3, 0.4) is 0 Å². The summed E-state index contributed by atoms with van der Waals surface area (Å²) in [7, 11) is 0. The lowest BCUT2D eigenvalue weighted by atomic mass is 10.1. The monoisotopic (exact) mass is 1100 g/mol. The fourth-order valence-corrected chi connectivity index (χ4v) is 8.19. The first kappa shape index (κ1) is 65.4. The maximum absolute atomic E-state index is 12.6. The molecule has 0 spiro atoms. The van der Waals surface area contributed by atoms with Crippen molar-refractivity contribution in [2.45, 2.75) is 115 Å². The van der Waals surface area contributed by atoms with Crippen molar-refractivity contribution >= 4 is 82.6 Å². The van der Waals surface area contributed by atoms with Crippen molar-refractivity contribution in [2.75, 3.05) is 90.4 Å². The highest BCUT2D eigenvalue weighted by atomic mass is 32.1. The van der Waals surface area contributed by atoms with Gasteiger partial charge in [0.25, 0.3) is 0 Å². The number of anilines is 1. The van der Waals surface area contributed by atoms with Crippen LogP contribution in [0.15, 0.2) is 24.3 Å². The zero-order valence-corrected chi connectivity index (χ0v) is 43.6. The third-order valence-electron chi connectivity index (χ3n) is 12.1. The molecular formula is C48H76N10O17S. The Morgan fingerprint density at radius 3 is 1.29 bits per heavy atom. The van der Waals surface area contributed by atoms with E-state index in [2.05, 4.69) is 36.8 Å². The molecule has 1 aromatic carbocycles. The Labute approximate surface area is 446 Å². The van der Waals surface area contributed by atoms with Gasteiger partial charge in [-0.3, -0.25) is 48.4 Å². The quantitative estimate of drug-likeness (QED) is 0.0323. The molecule has 0 aliphatic carbocycles. The summed E-state index contributed by atoms with van der Waals surface area (Å²) in [4.78, 5) is 125. The molecule has 1 aliphatic heterocycles. The molecule has 1 heterocycles. The highest BCUT2D eigenvalue weighted by molar-refractivity contribution is 7.80. The number of nitrogens with one attached hydrogen (secondary N) is 6. The van der Waals surface area contributed by atoms with Gasteiger partial charge in [0.1, 0.15) is 18.1 Å². The number of unbranched alkanes of at least 4 members (excludes halogenated alkanes) is 5. The SMILES string of the molecule is O=C(O)CC[C@H](NC(=O)N[C@@H](CCCCNC(=O)CCCCCCC(=O)N[C@@H](CCCCNC(=S)Nc1ccc(CN2CCN(CC(=O)O)CCN(CC(=O)O)CCN(CC(=O)O)CC2)cc1)C(=O)O)C(=O)O)C(=O)O. The number of carbonyl (C=O) groups is 10. The van der Waals surface area contributed by atoms with E-state index in [1.807, 2.05) is 24.3 Å². The first-order chi connectivity index (χ1) is 36.1. The van der Waals surface area contributed by atoms with Crippen LogP contribution >= 0.6 is 12.2 Å². The molecule has 2 rings (SSSR count). The van der Waals surface area contributed by atoms with Gasteiger partial charge in [-0.05, 0) is 87.7 Å². The molecule has 27 nitrogen and oxygen atoms in total. The number of amides is 4. The smallest absolute Gasteiger partial charge is 0.326 e. The van der Waals surface area contributed by atoms with E-state index in [9.17, 15) is 78.6 Å². The van der Waals surface area contributed by atoms with Gasteiger partial charge >= 0.3 is 47.8 Å². The van der Waals surface area contributed by atoms with Gasteiger partial charge in [-0.25, -0.2) is 19.2 Å². The van der Waals surface area contributed by atoms with Crippen LogP contribution < -0.4 is 31.9 Å². The fourth-order valence-electron chi connectivity index (χ4n) is 7.97. The summed E-state index contributed by atoms with van der Waals surface area (Å²) in [6.07, 6.45) is 3.74. The minimum atomic E-state index is -1.52. The predicted molar refractivity (Wildman–Crippen MR) is 278 cm³/mol. The topological polar surface area (TPSA) is 397 Å². The second-order valence-corrected chi connectivity index (χ2v) is 18.8. The van der Waals surface area contributed by atoms with E-state index in [1.165, 1.54) is 0 Å². The number of nitrogens with zero attached hydrogens (tertiary/aromatic N) is 4. The Hall–Kier alpha value is -6.75. The molecule has 0 saturated carbocycles. The van der Waals surface area contributed by atoms with Crippen molar-refractivity contribution in [3.63, 3.8) is 0 Å². The average molecular weight is 1100 g/mol. The lowest BCUT2D eigenvalue weighted by Crippen LogP contribution is -2.51. The van der Waals surface area contributed by atoms with Crippen molar-refractivity contribution in [1.82, 2.24) is 46.2 Å². The summed E-state index contributed by atoms with van der Waals surface area (Å²) in [6.45, 7) is 3.59. The summed E-state index contributed by atoms with van der Waals surface area (Å²) in [5.74, 6) is -8.84. The molecule has 76 heavy (non-hydrogen) atoms. The van der Waals surface area contributed by atoms with Gasteiger partial charge in [0.15, 0.2) is 5.11 Å². The standard InChI is InChI=1S/C48H76N10O17S/c59-38(49-19-7-5-10-36(45(71)72)53-47(75)54-37(46(73)74)17-18-40(61)62)11-3-1-2-4-12-39(60)52-35(44(69)70)9-6-8-20-50-48(76)51-34-15-13-33(14-16-34)29-55-21-23-56(30-41(63)64)25-27-58(32-43(67)68)28-26-57(24-22-55)31-42(65)66/h13-16,35-37H,1-12,17-32H2,(H,49,59)(H,52,60)(H,61,62)(H,63,64)(H,65,66)(H,67,68)(H,69,70)(H,71,72)(H,73,74)(H2,50,51,76)(H2,53,54,75)/t35-,36-,37-/m0/s1. The highest BCUT2D eigenvalue weighted by Crippen LogP contribution is 2.14. The number of hydrogen-bond donors (Lipinski definition) is 13. The summed E-state index contributed by atoms with van der Waals surface area (Å²) in [5, 5.41) is 81.6. The van der Waals surface area contributed by atoms with Crippen LogP contribution in [0.5, 0.6) is 0 Å². The second kappa shape index (κ2) is 37.1. The minimum absolute atomic E-state index is 0.00646. The molecule has 1 saturated heterocycles. The van der Waals surface area contributed by atoms with E-state index in [0.717, 1.165) is 5.56 Å². The Kier molecular flexibility index (Phi) is 31.9. The zero-order chi connectivity index (χ0) is 56.4. The number of hydrogen-bond acceptors (Lipinski definition) is 15. The Bertz CT molecular complexity index is 2040. The van der Waals surface area contributed by atoms with Crippen LogP contribution in [-0.4, -0.2) is 223 Å². The number of urea groups is 1. The molecule has 1 fully saturated rings. The third-order valence-corrected chi connectivity index (χ3v) is 12.4. The van der Waals surface area contributed by atoms with Crippen molar-refractivity contribution < 1.29 is 83.7 Å². The number of carboxylic acid groups (broad SMARTS) is 7. The van der Waals surface area contributed by atoms with Gasteiger partial charge in [0.2, 0.25) is 11.8 Å². The van der Waals surface area contributed by atoms with Crippen LogP contribution in [-0.2, 0) is 49.7 Å². The van der Waals surface area contributed by atoms with Crippen LogP contribution in [0.1, 0.15) is 95.5 Å². The van der Waals surface area contributed by atoms with Crippen LogP contribution in [0.25, 0.3) is 0 Å². The minimum Gasteiger partial charge on any atom is -0.481 e. The van der Waals surface area contributed by atoms with Crippen molar-refractivity contribution in [3.05, 3.63) is 29.8 Å². The first-order valence-electron chi connectivity index (χ1n) is 25.3. The summed E-state index contributed by atoms with van der Waals surface area (Å²) < 4.78 is 0. The predicted octanol–water partition coefficient (Wildman–Crippen LogP) is 0.386. The number of aliphatic carboxylic acids is 7. The molecule has 28 heteroatoms. The van der Waals surface area contributed by atoms with Gasteiger partial charge < -0.3 is 67.6 Å². The average Bonchev–Trinajstić information content (AvgIpc) is 3.33. The van der Waals surface area contributed by atoms with E-state index in [-0.39, 0.29) is 64.2 Å². The number of carboxylic acids is 7. The molecule has 4 amide bonds. The van der Waals surface area contributed by atoms with E-state index in [1.54, 1.807) is 14.7 Å². The van der Waals surface area contributed by atoms with Crippen molar-refractivity contribution in [1.29, 1.82) is 0 Å². The van der Waals surface area contributed by atoms with Gasteiger partial charge in [0.05, 0.1) is 19.6 Å². The summed E-state index contributed by atoms with van der Waals surface area (Å²) >= 11 is 5.46. The molecule has 0 radical (unpaired) electrons. The van der Waals surface area contributed by atoms with Gasteiger partial charge in [-0.15, -0.1) is 0 Å². The van der Waals surface area contributed by atoms with Crippen LogP contribution in [0.2, 0.25) is 0 Å². The van der Waals surface area contributed by atoms with Crippen molar-refractivity contribution in [2.24, 2.45) is 0 Å². The van der Waals surface area contributed by atoms with Crippen LogP contribution in [0, 0.1) is 0 Å².